The van der Waals surface area contributed by atoms with Crippen molar-refractivity contribution in [2.45, 2.75) is 13.3 Å². The summed E-state index contributed by atoms with van der Waals surface area (Å²) in [5.41, 5.74) is 3.73. The summed E-state index contributed by atoms with van der Waals surface area (Å²) in [7, 11) is 0. The number of para-hydroxylation sites is 2. The first kappa shape index (κ1) is 17.2. The van der Waals surface area contributed by atoms with E-state index in [0.29, 0.717) is 17.2 Å². The molecule has 0 atom stereocenters. The lowest BCUT2D eigenvalue weighted by Gasteiger charge is -2.09. The molecule has 0 radical (unpaired) electrons. The Morgan fingerprint density at radius 2 is 1.83 bits per heavy atom. The largest absolute Gasteiger partial charge is 0.453 e. The first-order chi connectivity index (χ1) is 14.2. The van der Waals surface area contributed by atoms with E-state index in [4.69, 9.17) is 8.94 Å². The number of anilines is 1. The molecular weight excluding hydrogens is 366 g/mol. The molecule has 6 heteroatoms. The highest BCUT2D eigenvalue weighted by Gasteiger charge is 2.15. The number of fused-ring (bicyclic) bond motifs is 2. The molecule has 2 aromatic carbocycles. The SMILES string of the molecule is Cc1cc(NC(=O)Cc2cc(-c3cc4ccccc4o3)on2)c2ccccc2n1. The van der Waals surface area contributed by atoms with Crippen molar-refractivity contribution in [1.82, 2.24) is 10.1 Å². The maximum absolute atomic E-state index is 12.6. The number of nitrogens with zero attached hydrogens (tertiary/aromatic N) is 2. The molecule has 0 saturated heterocycles. The number of carbonyl (C=O) groups excluding carboxylic acids is 1. The van der Waals surface area contributed by atoms with Gasteiger partial charge in [-0.15, -0.1) is 0 Å². The van der Waals surface area contributed by atoms with Crippen LogP contribution in [0.25, 0.3) is 33.4 Å². The molecule has 3 aromatic heterocycles. The maximum atomic E-state index is 12.6. The van der Waals surface area contributed by atoms with Crippen LogP contribution in [-0.2, 0) is 11.2 Å². The zero-order valence-electron chi connectivity index (χ0n) is 15.7. The van der Waals surface area contributed by atoms with Crippen LogP contribution in [0.15, 0.2) is 75.7 Å². The van der Waals surface area contributed by atoms with Crippen LogP contribution in [0.2, 0.25) is 0 Å². The van der Waals surface area contributed by atoms with Gasteiger partial charge in [-0.1, -0.05) is 41.6 Å². The maximum Gasteiger partial charge on any atom is 0.230 e. The highest BCUT2D eigenvalue weighted by molar-refractivity contribution is 6.01. The minimum atomic E-state index is -0.176. The molecule has 0 spiro atoms. The van der Waals surface area contributed by atoms with E-state index in [0.717, 1.165) is 33.3 Å². The van der Waals surface area contributed by atoms with Crippen molar-refractivity contribution in [3.63, 3.8) is 0 Å². The fraction of sp³-hybridized carbons (Fsp3) is 0.0870. The molecule has 6 nitrogen and oxygen atoms in total. The summed E-state index contributed by atoms with van der Waals surface area (Å²) >= 11 is 0. The highest BCUT2D eigenvalue weighted by atomic mass is 16.5. The Balaban J connectivity index is 1.36. The molecule has 5 rings (SSSR count). The minimum Gasteiger partial charge on any atom is -0.453 e. The Labute approximate surface area is 166 Å². The lowest BCUT2D eigenvalue weighted by molar-refractivity contribution is -0.115. The number of benzene rings is 2. The Morgan fingerprint density at radius 3 is 2.72 bits per heavy atom. The number of nitrogens with one attached hydrogen (secondary N) is 1. The Morgan fingerprint density at radius 1 is 1.00 bits per heavy atom. The molecule has 0 unspecified atom stereocenters. The normalized spacial score (nSPS) is 11.2. The molecule has 0 aliphatic rings. The zero-order valence-corrected chi connectivity index (χ0v) is 15.7. The molecule has 5 aromatic rings. The van der Waals surface area contributed by atoms with Gasteiger partial charge in [-0.2, -0.15) is 0 Å². The molecule has 0 aliphatic carbocycles. The zero-order chi connectivity index (χ0) is 19.8. The second kappa shape index (κ2) is 6.91. The predicted octanol–water partition coefficient (Wildman–Crippen LogP) is 5.13. The molecule has 0 saturated carbocycles. The van der Waals surface area contributed by atoms with Gasteiger partial charge in [0.15, 0.2) is 5.76 Å². The average molecular weight is 383 g/mol. The van der Waals surface area contributed by atoms with Crippen LogP contribution in [0.4, 0.5) is 5.69 Å². The van der Waals surface area contributed by atoms with Crippen molar-refractivity contribution >= 4 is 33.5 Å². The number of hydrogen-bond donors (Lipinski definition) is 1. The van der Waals surface area contributed by atoms with Crippen molar-refractivity contribution in [3.05, 3.63) is 78.1 Å². The molecule has 0 fully saturated rings. The number of hydrogen-bond acceptors (Lipinski definition) is 5. The fourth-order valence-corrected chi connectivity index (χ4v) is 3.38. The molecule has 0 aliphatic heterocycles. The van der Waals surface area contributed by atoms with Gasteiger partial charge in [0.05, 0.1) is 23.3 Å². The summed E-state index contributed by atoms with van der Waals surface area (Å²) in [6.07, 6.45) is 0.0967. The van der Waals surface area contributed by atoms with Crippen molar-refractivity contribution < 1.29 is 13.7 Å². The summed E-state index contributed by atoms with van der Waals surface area (Å²) in [4.78, 5) is 17.1. The van der Waals surface area contributed by atoms with E-state index in [2.05, 4.69) is 15.5 Å². The van der Waals surface area contributed by atoms with Crippen LogP contribution in [0.3, 0.4) is 0 Å². The standard InChI is InChI=1S/C23H17N3O3/c1-14-10-19(17-7-3-4-8-18(17)24-14)25-23(27)13-16-12-22(29-26-16)21-11-15-6-2-5-9-20(15)28-21/h2-12H,13H2,1H3,(H,24,25,27). The quantitative estimate of drug-likeness (QED) is 0.465. The number of rotatable bonds is 4. The molecule has 29 heavy (non-hydrogen) atoms. The fourth-order valence-electron chi connectivity index (χ4n) is 3.38. The summed E-state index contributed by atoms with van der Waals surface area (Å²) < 4.78 is 11.2. The third-order valence-electron chi connectivity index (χ3n) is 4.69. The number of aromatic nitrogens is 2. The highest BCUT2D eigenvalue weighted by Crippen LogP contribution is 2.28. The van der Waals surface area contributed by atoms with E-state index in [9.17, 15) is 4.79 Å². The summed E-state index contributed by atoms with van der Waals surface area (Å²) in [6.45, 7) is 1.90. The minimum absolute atomic E-state index is 0.0967. The van der Waals surface area contributed by atoms with Gasteiger partial charge < -0.3 is 14.3 Å². The van der Waals surface area contributed by atoms with Gasteiger partial charge >= 0.3 is 0 Å². The monoisotopic (exact) mass is 383 g/mol. The van der Waals surface area contributed by atoms with Crippen molar-refractivity contribution in [2.75, 3.05) is 5.32 Å². The summed E-state index contributed by atoms with van der Waals surface area (Å²) in [6, 6.07) is 20.9. The van der Waals surface area contributed by atoms with Crippen molar-refractivity contribution in [1.29, 1.82) is 0 Å². The van der Waals surface area contributed by atoms with Gasteiger partial charge in [-0.05, 0) is 31.2 Å². The van der Waals surface area contributed by atoms with Gasteiger partial charge in [0.2, 0.25) is 11.7 Å². The molecule has 142 valence electrons. The predicted molar refractivity (Wildman–Crippen MR) is 111 cm³/mol. The number of pyridine rings is 1. The molecule has 1 amide bonds. The van der Waals surface area contributed by atoms with Crippen LogP contribution in [0, 0.1) is 6.92 Å². The van der Waals surface area contributed by atoms with Gasteiger partial charge in [0.25, 0.3) is 0 Å². The number of amides is 1. The van der Waals surface area contributed by atoms with Crippen LogP contribution in [-0.4, -0.2) is 16.0 Å². The average Bonchev–Trinajstić information content (AvgIpc) is 3.34. The smallest absolute Gasteiger partial charge is 0.230 e. The molecular formula is C23H17N3O3. The van der Waals surface area contributed by atoms with E-state index in [1.807, 2.05) is 67.6 Å². The van der Waals surface area contributed by atoms with Crippen LogP contribution in [0.5, 0.6) is 0 Å². The van der Waals surface area contributed by atoms with E-state index >= 15 is 0 Å². The Kier molecular flexibility index (Phi) is 4.09. The Bertz CT molecular complexity index is 1320. The topological polar surface area (TPSA) is 81.2 Å². The lowest BCUT2D eigenvalue weighted by atomic mass is 10.1. The van der Waals surface area contributed by atoms with E-state index in [1.54, 1.807) is 6.07 Å². The third-order valence-corrected chi connectivity index (χ3v) is 4.69. The van der Waals surface area contributed by atoms with Gasteiger partial charge in [0.1, 0.15) is 5.58 Å². The summed E-state index contributed by atoms with van der Waals surface area (Å²) in [5.74, 6) is 0.903. The van der Waals surface area contributed by atoms with Gasteiger partial charge in [-0.25, -0.2) is 0 Å². The van der Waals surface area contributed by atoms with Crippen LogP contribution < -0.4 is 5.32 Å². The van der Waals surface area contributed by atoms with Gasteiger partial charge in [-0.3, -0.25) is 9.78 Å². The van der Waals surface area contributed by atoms with E-state index in [1.165, 1.54) is 0 Å². The first-order valence-corrected chi connectivity index (χ1v) is 9.26. The van der Waals surface area contributed by atoms with Crippen LogP contribution >= 0.6 is 0 Å². The van der Waals surface area contributed by atoms with Crippen LogP contribution in [0.1, 0.15) is 11.4 Å². The molecule has 3 heterocycles. The Hall–Kier alpha value is -3.93. The second-order valence-corrected chi connectivity index (χ2v) is 6.88. The third kappa shape index (κ3) is 3.36. The number of carbonyl (C=O) groups is 1. The van der Waals surface area contributed by atoms with E-state index < -0.39 is 0 Å². The lowest BCUT2D eigenvalue weighted by Crippen LogP contribution is -2.15. The van der Waals surface area contributed by atoms with Crippen molar-refractivity contribution in [2.24, 2.45) is 0 Å². The second-order valence-electron chi connectivity index (χ2n) is 6.88. The molecule has 0 bridgehead atoms. The first-order valence-electron chi connectivity index (χ1n) is 9.26. The summed E-state index contributed by atoms with van der Waals surface area (Å²) in [5, 5.41) is 8.86. The van der Waals surface area contributed by atoms with Crippen molar-refractivity contribution in [3.8, 4) is 11.5 Å². The number of furan rings is 1. The van der Waals surface area contributed by atoms with E-state index in [-0.39, 0.29) is 12.3 Å². The molecule has 1 N–H and O–H groups in total. The van der Waals surface area contributed by atoms with Gasteiger partial charge in [0, 0.05) is 22.5 Å². The number of aryl methyl sites for hydroxylation is 1.